The second-order valence-corrected chi connectivity index (χ2v) is 4.38. The zero-order chi connectivity index (χ0) is 13.8. The first-order valence-electron chi connectivity index (χ1n) is 6.08. The Hall–Kier alpha value is -2.26. The van der Waals surface area contributed by atoms with Crippen molar-refractivity contribution in [2.75, 3.05) is 11.9 Å². The Kier molecular flexibility index (Phi) is 3.88. The topological polar surface area (TPSA) is 78.8 Å². The minimum absolute atomic E-state index is 0.0739. The van der Waals surface area contributed by atoms with Crippen LogP contribution in [0.25, 0.3) is 0 Å². The first kappa shape index (κ1) is 13.2. The van der Waals surface area contributed by atoms with E-state index < -0.39 is 0 Å². The van der Waals surface area contributed by atoms with E-state index in [9.17, 15) is 0 Å². The smallest absolute Gasteiger partial charge is 0.120 e. The molecule has 2 rings (SSSR count). The van der Waals surface area contributed by atoms with Crippen molar-refractivity contribution in [3.05, 3.63) is 35.4 Å². The standard InChI is InChI=1S/C13H17N5O/c1-10-11(5-13(6-14)17(10)2)7-15-12-8-16-18(9-12)3-4-19/h5,8-9,15,19H,3-4,7H2,1-2H3. The summed E-state index contributed by atoms with van der Waals surface area (Å²) in [6, 6.07) is 4.06. The molecule has 0 fully saturated rings. The summed E-state index contributed by atoms with van der Waals surface area (Å²) in [4.78, 5) is 0. The van der Waals surface area contributed by atoms with Crippen LogP contribution in [0.3, 0.4) is 0 Å². The number of nitrogens with one attached hydrogen (secondary N) is 1. The predicted octanol–water partition coefficient (Wildman–Crippen LogP) is 1.01. The Morgan fingerprint density at radius 1 is 1.53 bits per heavy atom. The monoisotopic (exact) mass is 259 g/mol. The number of aromatic nitrogens is 3. The number of aliphatic hydroxyl groups is 1. The Labute approximate surface area is 111 Å². The summed E-state index contributed by atoms with van der Waals surface area (Å²) in [6.07, 6.45) is 3.57. The molecule has 0 bridgehead atoms. The SMILES string of the molecule is Cc1c(CNc2cnn(CCO)c2)cc(C#N)n1C. The zero-order valence-corrected chi connectivity index (χ0v) is 11.1. The van der Waals surface area contributed by atoms with Gasteiger partial charge in [0.25, 0.3) is 0 Å². The summed E-state index contributed by atoms with van der Waals surface area (Å²) in [5.74, 6) is 0. The molecule has 19 heavy (non-hydrogen) atoms. The van der Waals surface area contributed by atoms with Crippen LogP contribution in [0.1, 0.15) is 17.0 Å². The van der Waals surface area contributed by atoms with Gasteiger partial charge in [-0.25, -0.2) is 0 Å². The van der Waals surface area contributed by atoms with Crippen LogP contribution in [-0.4, -0.2) is 26.1 Å². The molecule has 0 radical (unpaired) electrons. The third kappa shape index (κ3) is 2.77. The van der Waals surface area contributed by atoms with E-state index in [0.717, 1.165) is 16.9 Å². The third-order valence-electron chi connectivity index (χ3n) is 3.20. The minimum Gasteiger partial charge on any atom is -0.394 e. The molecular weight excluding hydrogens is 242 g/mol. The molecule has 0 unspecified atom stereocenters. The van der Waals surface area contributed by atoms with E-state index in [4.69, 9.17) is 10.4 Å². The highest BCUT2D eigenvalue weighted by atomic mass is 16.3. The largest absolute Gasteiger partial charge is 0.394 e. The third-order valence-corrected chi connectivity index (χ3v) is 3.20. The zero-order valence-electron chi connectivity index (χ0n) is 11.1. The highest BCUT2D eigenvalue weighted by Crippen LogP contribution is 2.15. The highest BCUT2D eigenvalue weighted by molar-refractivity contribution is 5.41. The second-order valence-electron chi connectivity index (χ2n) is 4.38. The van der Waals surface area contributed by atoms with Crippen LogP contribution in [0.2, 0.25) is 0 Å². The fourth-order valence-electron chi connectivity index (χ4n) is 1.93. The van der Waals surface area contributed by atoms with Crippen LogP contribution in [0.4, 0.5) is 5.69 Å². The molecular formula is C13H17N5O. The van der Waals surface area contributed by atoms with Gasteiger partial charge in [-0.1, -0.05) is 0 Å². The molecule has 0 aliphatic rings. The molecule has 6 nitrogen and oxygen atoms in total. The van der Waals surface area contributed by atoms with Gasteiger partial charge in [0.15, 0.2) is 0 Å². The normalized spacial score (nSPS) is 10.4. The summed E-state index contributed by atoms with van der Waals surface area (Å²) in [5.41, 5.74) is 3.72. The van der Waals surface area contributed by atoms with Gasteiger partial charge in [0.05, 0.1) is 25.0 Å². The minimum atomic E-state index is 0.0739. The maximum Gasteiger partial charge on any atom is 0.120 e. The van der Waals surface area contributed by atoms with E-state index in [2.05, 4.69) is 16.5 Å². The molecule has 6 heteroatoms. The molecule has 2 aromatic rings. The molecule has 0 atom stereocenters. The fourth-order valence-corrected chi connectivity index (χ4v) is 1.93. The van der Waals surface area contributed by atoms with E-state index in [1.54, 1.807) is 10.9 Å². The number of rotatable bonds is 5. The Balaban J connectivity index is 2.04. The molecule has 0 aliphatic carbocycles. The van der Waals surface area contributed by atoms with Crippen molar-refractivity contribution in [1.82, 2.24) is 14.3 Å². The van der Waals surface area contributed by atoms with Crippen molar-refractivity contribution in [3.8, 4) is 6.07 Å². The summed E-state index contributed by atoms with van der Waals surface area (Å²) < 4.78 is 3.56. The number of hydrogen-bond acceptors (Lipinski definition) is 4. The first-order valence-corrected chi connectivity index (χ1v) is 6.08. The number of hydrogen-bond donors (Lipinski definition) is 2. The van der Waals surface area contributed by atoms with Crippen molar-refractivity contribution in [2.24, 2.45) is 7.05 Å². The quantitative estimate of drug-likeness (QED) is 0.839. The molecule has 0 aromatic carbocycles. The molecule has 2 heterocycles. The number of nitriles is 1. The van der Waals surface area contributed by atoms with E-state index in [0.29, 0.717) is 18.8 Å². The average Bonchev–Trinajstić information content (AvgIpc) is 2.95. The molecule has 0 spiro atoms. The molecule has 0 saturated carbocycles. The van der Waals surface area contributed by atoms with Crippen molar-refractivity contribution in [3.63, 3.8) is 0 Å². The van der Waals surface area contributed by atoms with Crippen molar-refractivity contribution in [1.29, 1.82) is 5.26 Å². The van der Waals surface area contributed by atoms with Crippen molar-refractivity contribution < 1.29 is 5.11 Å². The molecule has 2 aromatic heterocycles. The predicted molar refractivity (Wildman–Crippen MR) is 71.5 cm³/mol. The van der Waals surface area contributed by atoms with Crippen LogP contribution < -0.4 is 5.32 Å². The van der Waals surface area contributed by atoms with Crippen LogP contribution in [0.5, 0.6) is 0 Å². The molecule has 100 valence electrons. The highest BCUT2D eigenvalue weighted by Gasteiger charge is 2.08. The number of nitrogens with zero attached hydrogens (tertiary/aromatic N) is 4. The first-order chi connectivity index (χ1) is 9.15. The van der Waals surface area contributed by atoms with Gasteiger partial charge < -0.3 is 15.0 Å². The number of anilines is 1. The number of aliphatic hydroxyl groups excluding tert-OH is 1. The Morgan fingerprint density at radius 3 is 2.95 bits per heavy atom. The lowest BCUT2D eigenvalue weighted by Gasteiger charge is -2.04. The molecule has 0 amide bonds. The van der Waals surface area contributed by atoms with Gasteiger partial charge in [0, 0.05) is 25.5 Å². The van der Waals surface area contributed by atoms with Crippen LogP contribution >= 0.6 is 0 Å². The van der Waals surface area contributed by atoms with E-state index >= 15 is 0 Å². The van der Waals surface area contributed by atoms with Gasteiger partial charge in [-0.15, -0.1) is 0 Å². The van der Waals surface area contributed by atoms with Gasteiger partial charge in [0.1, 0.15) is 11.8 Å². The van der Waals surface area contributed by atoms with Gasteiger partial charge >= 0.3 is 0 Å². The van der Waals surface area contributed by atoms with Gasteiger partial charge in [-0.2, -0.15) is 10.4 Å². The average molecular weight is 259 g/mol. The molecule has 0 saturated heterocycles. The molecule has 0 aliphatic heterocycles. The lowest BCUT2D eigenvalue weighted by atomic mass is 10.2. The van der Waals surface area contributed by atoms with Crippen molar-refractivity contribution in [2.45, 2.75) is 20.0 Å². The van der Waals surface area contributed by atoms with E-state index in [1.807, 2.05) is 30.8 Å². The van der Waals surface area contributed by atoms with Gasteiger partial charge in [-0.3, -0.25) is 4.68 Å². The summed E-state index contributed by atoms with van der Waals surface area (Å²) in [7, 11) is 1.89. The second kappa shape index (κ2) is 5.59. The summed E-state index contributed by atoms with van der Waals surface area (Å²) >= 11 is 0. The van der Waals surface area contributed by atoms with Crippen LogP contribution in [-0.2, 0) is 20.1 Å². The fraction of sp³-hybridized carbons (Fsp3) is 0.385. The Morgan fingerprint density at radius 2 is 2.32 bits per heavy atom. The van der Waals surface area contributed by atoms with Gasteiger partial charge in [-0.05, 0) is 18.6 Å². The Bertz CT molecular complexity index is 605. The summed E-state index contributed by atoms with van der Waals surface area (Å²) in [5, 5.41) is 25.2. The van der Waals surface area contributed by atoms with Crippen LogP contribution in [0.15, 0.2) is 18.5 Å². The van der Waals surface area contributed by atoms with Gasteiger partial charge in [0.2, 0.25) is 0 Å². The lowest BCUT2D eigenvalue weighted by Crippen LogP contribution is -2.02. The van der Waals surface area contributed by atoms with E-state index in [1.165, 1.54) is 0 Å². The van der Waals surface area contributed by atoms with Crippen molar-refractivity contribution >= 4 is 5.69 Å². The lowest BCUT2D eigenvalue weighted by molar-refractivity contribution is 0.269. The molecule has 2 N–H and O–H groups in total. The maximum absolute atomic E-state index is 8.98. The van der Waals surface area contributed by atoms with Crippen LogP contribution in [0, 0.1) is 18.3 Å². The van der Waals surface area contributed by atoms with E-state index in [-0.39, 0.29) is 6.61 Å². The summed E-state index contributed by atoms with van der Waals surface area (Å²) in [6.45, 7) is 3.20. The maximum atomic E-state index is 8.98.